The number of rotatable bonds is 1. The van der Waals surface area contributed by atoms with Crippen molar-refractivity contribution in [1.82, 2.24) is 10.2 Å². The second-order valence-corrected chi connectivity index (χ2v) is 3.17. The number of anilines is 1. The predicted octanol–water partition coefficient (Wildman–Crippen LogP) is 1.40. The van der Waals surface area contributed by atoms with Gasteiger partial charge in [-0.1, -0.05) is 12.1 Å². The predicted molar refractivity (Wildman–Crippen MR) is 57.9 cm³/mol. The topological polar surface area (TPSA) is 102 Å². The summed E-state index contributed by atoms with van der Waals surface area (Å²) in [7, 11) is 0. The molecule has 1 heterocycles. The molecular formula is C11H7N5. The van der Waals surface area contributed by atoms with Gasteiger partial charge in [0.2, 0.25) is 0 Å². The summed E-state index contributed by atoms with van der Waals surface area (Å²) in [5.41, 5.74) is 7.54. The van der Waals surface area contributed by atoms with Gasteiger partial charge in [0.15, 0.2) is 0 Å². The Kier molecular flexibility index (Phi) is 2.29. The van der Waals surface area contributed by atoms with Gasteiger partial charge in [-0.05, 0) is 12.1 Å². The average Bonchev–Trinajstić information content (AvgIpc) is 2.70. The van der Waals surface area contributed by atoms with Gasteiger partial charge in [0.1, 0.15) is 23.1 Å². The van der Waals surface area contributed by atoms with Gasteiger partial charge in [-0.15, -0.1) is 0 Å². The third-order valence-electron chi connectivity index (χ3n) is 2.17. The lowest BCUT2D eigenvalue weighted by Gasteiger charge is -1.97. The molecule has 16 heavy (non-hydrogen) atoms. The molecule has 0 saturated heterocycles. The van der Waals surface area contributed by atoms with Gasteiger partial charge < -0.3 is 5.73 Å². The van der Waals surface area contributed by atoms with Crippen LogP contribution in [0.3, 0.4) is 0 Å². The minimum atomic E-state index is 0.236. The van der Waals surface area contributed by atoms with Gasteiger partial charge >= 0.3 is 0 Å². The standard InChI is InChI=1S/C11H7N5/c12-5-7-2-1-3-8(4-7)10-9(6-13)11(14)16-15-10/h1-4H,(H3,14,15,16). The molecule has 0 spiro atoms. The molecule has 76 valence electrons. The van der Waals surface area contributed by atoms with Gasteiger partial charge in [0.25, 0.3) is 0 Å². The number of nitrogens with zero attached hydrogens (tertiary/aromatic N) is 3. The van der Waals surface area contributed by atoms with E-state index in [9.17, 15) is 0 Å². The Bertz CT molecular complexity index is 612. The zero-order valence-corrected chi connectivity index (χ0v) is 8.23. The first-order valence-corrected chi connectivity index (χ1v) is 4.50. The van der Waals surface area contributed by atoms with Crippen molar-refractivity contribution in [2.75, 3.05) is 5.73 Å². The van der Waals surface area contributed by atoms with Gasteiger partial charge in [0, 0.05) is 5.56 Å². The Morgan fingerprint density at radius 1 is 1.25 bits per heavy atom. The molecule has 5 heteroatoms. The molecule has 2 aromatic rings. The lowest BCUT2D eigenvalue weighted by molar-refractivity contribution is 1.10. The lowest BCUT2D eigenvalue weighted by atomic mass is 10.1. The Morgan fingerprint density at radius 3 is 2.75 bits per heavy atom. The van der Waals surface area contributed by atoms with E-state index < -0.39 is 0 Å². The van der Waals surface area contributed by atoms with Crippen LogP contribution in [-0.2, 0) is 0 Å². The van der Waals surface area contributed by atoms with Crippen molar-refractivity contribution in [3.63, 3.8) is 0 Å². The quantitative estimate of drug-likeness (QED) is 0.740. The highest BCUT2D eigenvalue weighted by Crippen LogP contribution is 2.24. The van der Waals surface area contributed by atoms with Crippen LogP contribution >= 0.6 is 0 Å². The minimum absolute atomic E-state index is 0.236. The van der Waals surface area contributed by atoms with Gasteiger partial charge in [0.05, 0.1) is 11.6 Å². The smallest absolute Gasteiger partial charge is 0.137 e. The molecule has 0 aliphatic carbocycles. The number of H-pyrrole nitrogens is 1. The normalized spacial score (nSPS) is 9.38. The van der Waals surface area contributed by atoms with Crippen molar-refractivity contribution in [1.29, 1.82) is 10.5 Å². The number of aromatic nitrogens is 2. The highest BCUT2D eigenvalue weighted by Gasteiger charge is 2.12. The molecular weight excluding hydrogens is 202 g/mol. The maximum atomic E-state index is 8.92. The molecule has 0 saturated carbocycles. The lowest BCUT2D eigenvalue weighted by Crippen LogP contribution is -1.88. The van der Waals surface area contributed by atoms with Gasteiger partial charge in [-0.2, -0.15) is 15.6 Å². The first-order valence-electron chi connectivity index (χ1n) is 4.50. The molecule has 5 nitrogen and oxygen atoms in total. The van der Waals surface area contributed by atoms with E-state index in [0.717, 1.165) is 0 Å². The van der Waals surface area contributed by atoms with Crippen molar-refractivity contribution in [3.8, 4) is 23.4 Å². The third kappa shape index (κ3) is 1.47. The van der Waals surface area contributed by atoms with E-state index in [1.807, 2.05) is 12.1 Å². The third-order valence-corrected chi connectivity index (χ3v) is 2.17. The summed E-state index contributed by atoms with van der Waals surface area (Å²) in [5.74, 6) is 0.236. The van der Waals surface area contributed by atoms with Gasteiger partial charge in [-0.3, -0.25) is 5.10 Å². The fraction of sp³-hybridized carbons (Fsp3) is 0. The first-order chi connectivity index (χ1) is 7.76. The number of nitrogens with two attached hydrogens (primary N) is 1. The summed E-state index contributed by atoms with van der Waals surface area (Å²) in [5, 5.41) is 24.2. The van der Waals surface area contributed by atoms with Crippen LogP contribution in [0.5, 0.6) is 0 Å². The Labute approximate surface area is 91.7 Å². The van der Waals surface area contributed by atoms with Crippen LogP contribution in [0.15, 0.2) is 24.3 Å². The van der Waals surface area contributed by atoms with E-state index in [4.69, 9.17) is 16.3 Å². The van der Waals surface area contributed by atoms with Crippen molar-refractivity contribution >= 4 is 5.82 Å². The van der Waals surface area contributed by atoms with Crippen molar-refractivity contribution in [2.45, 2.75) is 0 Å². The summed E-state index contributed by atoms with van der Waals surface area (Å²) in [6.07, 6.45) is 0. The van der Waals surface area contributed by atoms with E-state index >= 15 is 0 Å². The van der Waals surface area contributed by atoms with Crippen LogP contribution in [0.4, 0.5) is 5.82 Å². The second-order valence-electron chi connectivity index (χ2n) is 3.17. The molecule has 1 aromatic heterocycles. The second kappa shape index (κ2) is 3.76. The van der Waals surface area contributed by atoms with Gasteiger partial charge in [-0.25, -0.2) is 0 Å². The number of hydrogen-bond acceptors (Lipinski definition) is 4. The number of hydrogen-bond donors (Lipinski definition) is 2. The molecule has 0 fully saturated rings. The van der Waals surface area contributed by atoms with Crippen LogP contribution in [0.2, 0.25) is 0 Å². The fourth-order valence-corrected chi connectivity index (χ4v) is 1.41. The van der Waals surface area contributed by atoms with Crippen molar-refractivity contribution in [3.05, 3.63) is 35.4 Å². The molecule has 0 aliphatic heterocycles. The van der Waals surface area contributed by atoms with E-state index in [0.29, 0.717) is 22.4 Å². The molecule has 0 bridgehead atoms. The van der Waals surface area contributed by atoms with Crippen LogP contribution in [0, 0.1) is 22.7 Å². The Balaban J connectivity index is 2.60. The van der Waals surface area contributed by atoms with E-state index in [1.54, 1.807) is 24.3 Å². The number of benzene rings is 1. The monoisotopic (exact) mass is 209 g/mol. The van der Waals surface area contributed by atoms with Crippen LogP contribution in [0.25, 0.3) is 11.3 Å². The number of aromatic amines is 1. The van der Waals surface area contributed by atoms with Crippen LogP contribution < -0.4 is 5.73 Å². The molecule has 3 N–H and O–H groups in total. The summed E-state index contributed by atoms with van der Waals surface area (Å²) in [6, 6.07) is 10.9. The summed E-state index contributed by atoms with van der Waals surface area (Å²) < 4.78 is 0. The van der Waals surface area contributed by atoms with E-state index in [1.165, 1.54) is 0 Å². The largest absolute Gasteiger partial charge is 0.383 e. The fourth-order valence-electron chi connectivity index (χ4n) is 1.41. The molecule has 0 amide bonds. The zero-order valence-electron chi connectivity index (χ0n) is 8.23. The molecule has 0 atom stereocenters. The van der Waals surface area contributed by atoms with Crippen molar-refractivity contribution in [2.24, 2.45) is 0 Å². The number of nitriles is 2. The molecule has 2 rings (SSSR count). The average molecular weight is 209 g/mol. The Hall–Kier alpha value is -2.79. The summed E-state index contributed by atoms with van der Waals surface area (Å²) in [6.45, 7) is 0. The molecule has 0 radical (unpaired) electrons. The highest BCUT2D eigenvalue weighted by molar-refractivity contribution is 5.72. The molecule has 0 unspecified atom stereocenters. The molecule has 1 aromatic carbocycles. The Morgan fingerprint density at radius 2 is 2.06 bits per heavy atom. The van der Waals surface area contributed by atoms with Crippen LogP contribution in [0.1, 0.15) is 11.1 Å². The van der Waals surface area contributed by atoms with Crippen LogP contribution in [-0.4, -0.2) is 10.2 Å². The molecule has 0 aliphatic rings. The minimum Gasteiger partial charge on any atom is -0.383 e. The maximum Gasteiger partial charge on any atom is 0.137 e. The van der Waals surface area contributed by atoms with E-state index in [2.05, 4.69) is 10.2 Å². The summed E-state index contributed by atoms with van der Waals surface area (Å²) >= 11 is 0. The number of nitrogen functional groups attached to an aromatic ring is 1. The first kappa shape index (κ1) is 9.75. The van der Waals surface area contributed by atoms with Crippen molar-refractivity contribution < 1.29 is 0 Å². The maximum absolute atomic E-state index is 8.92. The SMILES string of the molecule is N#Cc1cccc(-c2n[nH]c(N)c2C#N)c1. The highest BCUT2D eigenvalue weighted by atomic mass is 15.2. The summed E-state index contributed by atoms with van der Waals surface area (Å²) in [4.78, 5) is 0. The number of nitrogens with one attached hydrogen (secondary N) is 1. The zero-order chi connectivity index (χ0) is 11.5. The van der Waals surface area contributed by atoms with E-state index in [-0.39, 0.29) is 5.82 Å².